The molecule has 0 bridgehead atoms. The Hall–Kier alpha value is -5.66. The Bertz CT molecular complexity index is 2680. The van der Waals surface area contributed by atoms with Crippen LogP contribution in [-0.4, -0.2) is 0 Å². The monoisotopic (exact) mass is 836 g/mol. The van der Waals surface area contributed by atoms with Crippen molar-refractivity contribution in [2.24, 2.45) is 0 Å². The summed E-state index contributed by atoms with van der Waals surface area (Å²) in [4.78, 5) is 2.46. The lowest BCUT2D eigenvalue weighted by atomic mass is 9.78. The van der Waals surface area contributed by atoms with Crippen molar-refractivity contribution in [3.8, 4) is 44.5 Å². The summed E-state index contributed by atoms with van der Waals surface area (Å²) >= 11 is 0. The molecule has 4 aliphatic rings. The summed E-state index contributed by atoms with van der Waals surface area (Å²) in [5, 5.41) is 0. The van der Waals surface area contributed by atoms with Gasteiger partial charge in [-0.1, -0.05) is 193 Å². The van der Waals surface area contributed by atoms with Crippen LogP contribution in [0.2, 0.25) is 0 Å². The van der Waals surface area contributed by atoms with E-state index in [1.54, 1.807) is 11.1 Å². The van der Waals surface area contributed by atoms with E-state index in [2.05, 4.69) is 176 Å². The average Bonchev–Trinajstić information content (AvgIpc) is 3.60. The lowest BCUT2D eigenvalue weighted by Crippen LogP contribution is -2.16. The number of nitrogens with zero attached hydrogens (tertiary/aromatic N) is 1. The molecular weight excluding hydrogens is 771 g/mol. The third kappa shape index (κ3) is 8.06. The molecule has 0 N–H and O–H groups in total. The Morgan fingerprint density at radius 3 is 1.33 bits per heavy atom. The van der Waals surface area contributed by atoms with Gasteiger partial charge in [-0.25, -0.2) is 0 Å². The Balaban J connectivity index is 0.912. The molecular formula is C63H65N. The fourth-order valence-electron chi connectivity index (χ4n) is 12.3. The maximum Gasteiger partial charge on any atom is 0.0465 e. The Kier molecular flexibility index (Phi) is 11.4. The van der Waals surface area contributed by atoms with Gasteiger partial charge in [-0.3, -0.25) is 0 Å². The van der Waals surface area contributed by atoms with Crippen molar-refractivity contribution in [3.63, 3.8) is 0 Å². The molecule has 0 aromatic heterocycles. The lowest BCUT2D eigenvalue weighted by molar-refractivity contribution is 0.435. The highest BCUT2D eigenvalue weighted by Gasteiger charge is 2.36. The van der Waals surface area contributed by atoms with Crippen molar-refractivity contribution in [2.75, 3.05) is 4.90 Å². The van der Waals surface area contributed by atoms with Gasteiger partial charge in [-0.05, 0) is 165 Å². The van der Waals surface area contributed by atoms with Crippen LogP contribution in [0.25, 0.3) is 44.5 Å². The molecule has 4 aliphatic carbocycles. The lowest BCUT2D eigenvalue weighted by Gasteiger charge is -2.28. The zero-order chi connectivity index (χ0) is 43.0. The molecule has 0 atom stereocenters. The van der Waals surface area contributed by atoms with Crippen molar-refractivity contribution >= 4 is 17.1 Å². The highest BCUT2D eigenvalue weighted by molar-refractivity contribution is 5.86. The fourth-order valence-corrected chi connectivity index (χ4v) is 12.3. The predicted octanol–water partition coefficient (Wildman–Crippen LogP) is 18.6. The van der Waals surface area contributed by atoms with E-state index in [1.165, 1.54) is 169 Å². The number of benzene rings is 7. The van der Waals surface area contributed by atoms with Gasteiger partial charge in [-0.15, -0.1) is 0 Å². The van der Waals surface area contributed by atoms with E-state index in [9.17, 15) is 0 Å². The van der Waals surface area contributed by atoms with Crippen molar-refractivity contribution < 1.29 is 0 Å². The highest BCUT2D eigenvalue weighted by Crippen LogP contribution is 2.51. The molecule has 0 aliphatic heterocycles. The Morgan fingerprint density at radius 2 is 0.766 bits per heavy atom. The van der Waals surface area contributed by atoms with Crippen molar-refractivity contribution in [2.45, 2.75) is 133 Å². The van der Waals surface area contributed by atoms with Gasteiger partial charge in [0.05, 0.1) is 0 Å². The van der Waals surface area contributed by atoms with Crippen LogP contribution >= 0.6 is 0 Å². The van der Waals surface area contributed by atoms with Gasteiger partial charge in [0.2, 0.25) is 0 Å². The molecule has 7 aromatic carbocycles. The number of hydrogen-bond acceptors (Lipinski definition) is 1. The summed E-state index contributed by atoms with van der Waals surface area (Å²) in [6.45, 7) is 4.76. The molecule has 0 unspecified atom stereocenters. The molecule has 0 saturated heterocycles. The van der Waals surface area contributed by atoms with Gasteiger partial charge in [0.25, 0.3) is 0 Å². The molecule has 1 heteroatoms. The second-order valence-electron chi connectivity index (χ2n) is 20.4. The average molecular weight is 836 g/mol. The Morgan fingerprint density at radius 1 is 0.328 bits per heavy atom. The largest absolute Gasteiger partial charge is 0.310 e. The van der Waals surface area contributed by atoms with Crippen molar-refractivity contribution in [1.82, 2.24) is 0 Å². The van der Waals surface area contributed by atoms with Crippen molar-refractivity contribution in [3.05, 3.63) is 186 Å². The minimum absolute atomic E-state index is 0.0779. The first-order valence-corrected chi connectivity index (χ1v) is 25.1. The zero-order valence-electron chi connectivity index (χ0n) is 38.3. The quantitative estimate of drug-likeness (QED) is 0.140. The topological polar surface area (TPSA) is 3.24 Å². The molecule has 0 radical (unpaired) electrons. The molecule has 0 amide bonds. The highest BCUT2D eigenvalue weighted by atomic mass is 15.1. The minimum atomic E-state index is -0.0779. The van der Waals surface area contributed by atoms with Crippen molar-refractivity contribution in [1.29, 1.82) is 0 Å². The standard InChI is InChI=1S/C63H65N/c1-63(2)61-24-13-12-23-59(61)60-38-37-58(43-62(60)63)64(57-35-31-49(32-36-57)52-22-14-21-51(39-52)44-15-6-3-7-16-44)56-33-29-48(30-34-56)47-25-27-50(28-26-47)55-41-53(45-17-8-4-9-18-45)40-54(42-55)46-19-10-5-11-20-46/h12-14,21-46H,3-11,15-20H2,1-2H3. The van der Waals surface area contributed by atoms with Gasteiger partial charge < -0.3 is 4.90 Å². The first-order chi connectivity index (χ1) is 31.5. The number of rotatable bonds is 9. The van der Waals surface area contributed by atoms with Gasteiger partial charge in [0.1, 0.15) is 0 Å². The van der Waals surface area contributed by atoms with Crippen LogP contribution in [0.5, 0.6) is 0 Å². The van der Waals surface area contributed by atoms with Gasteiger partial charge in [-0.2, -0.15) is 0 Å². The third-order valence-corrected chi connectivity index (χ3v) is 16.1. The number of fused-ring (bicyclic) bond motifs is 3. The molecule has 3 saturated carbocycles. The SMILES string of the molecule is CC1(C)c2ccccc2-c2ccc(N(c3ccc(-c4ccc(-c5cc(C6CCCCC6)cc(C6CCCCC6)c5)cc4)cc3)c3ccc(-c4cccc(C5CCCCC5)c4)cc3)cc21. The molecule has 3 fully saturated rings. The van der Waals surface area contributed by atoms with Gasteiger partial charge in [0.15, 0.2) is 0 Å². The number of hydrogen-bond donors (Lipinski definition) is 0. The molecule has 0 heterocycles. The van der Waals surface area contributed by atoms with E-state index >= 15 is 0 Å². The molecule has 1 nitrogen and oxygen atoms in total. The minimum Gasteiger partial charge on any atom is -0.310 e. The number of anilines is 3. The first kappa shape index (κ1) is 41.1. The normalized spacial score (nSPS) is 17.8. The van der Waals surface area contributed by atoms with Crippen LogP contribution in [-0.2, 0) is 5.41 Å². The third-order valence-electron chi connectivity index (χ3n) is 16.1. The molecule has 64 heavy (non-hydrogen) atoms. The summed E-state index contributed by atoms with van der Waals surface area (Å²) in [6.07, 6.45) is 20.4. The van der Waals surface area contributed by atoms with Crippen LogP contribution in [0.15, 0.2) is 158 Å². The Labute approximate surface area is 383 Å². The van der Waals surface area contributed by atoms with Crippen LogP contribution in [0, 0.1) is 0 Å². The van der Waals surface area contributed by atoms with E-state index in [0.717, 1.165) is 5.69 Å². The van der Waals surface area contributed by atoms with E-state index in [4.69, 9.17) is 0 Å². The predicted molar refractivity (Wildman–Crippen MR) is 272 cm³/mol. The maximum atomic E-state index is 2.61. The van der Waals surface area contributed by atoms with E-state index in [-0.39, 0.29) is 5.41 Å². The molecule has 322 valence electrons. The summed E-state index contributed by atoms with van der Waals surface area (Å²) in [5.74, 6) is 2.13. The van der Waals surface area contributed by atoms with Gasteiger partial charge >= 0.3 is 0 Å². The second kappa shape index (κ2) is 17.7. The summed E-state index contributed by atoms with van der Waals surface area (Å²) in [7, 11) is 0. The molecule has 7 aromatic rings. The van der Waals surface area contributed by atoms with E-state index in [1.807, 2.05) is 0 Å². The van der Waals surface area contributed by atoms with Crippen LogP contribution in [0.4, 0.5) is 17.1 Å². The van der Waals surface area contributed by atoms with E-state index in [0.29, 0.717) is 17.8 Å². The second-order valence-corrected chi connectivity index (χ2v) is 20.4. The van der Waals surface area contributed by atoms with Crippen LogP contribution in [0.1, 0.15) is 156 Å². The summed E-state index contributed by atoms with van der Waals surface area (Å²) in [5.41, 5.74) is 21.5. The maximum absolute atomic E-state index is 2.61. The smallest absolute Gasteiger partial charge is 0.0465 e. The first-order valence-electron chi connectivity index (χ1n) is 25.1. The summed E-state index contributed by atoms with van der Waals surface area (Å²) in [6, 6.07) is 61.2. The fraction of sp³-hybridized carbons (Fsp3) is 0.333. The molecule has 0 spiro atoms. The van der Waals surface area contributed by atoms with Crippen LogP contribution < -0.4 is 4.90 Å². The van der Waals surface area contributed by atoms with Gasteiger partial charge in [0, 0.05) is 22.5 Å². The van der Waals surface area contributed by atoms with Crippen LogP contribution in [0.3, 0.4) is 0 Å². The molecule has 11 rings (SSSR count). The van der Waals surface area contributed by atoms with E-state index < -0.39 is 0 Å². The zero-order valence-corrected chi connectivity index (χ0v) is 38.3. The summed E-state index contributed by atoms with van der Waals surface area (Å²) < 4.78 is 0.